The average molecular weight is 591 g/mol. The van der Waals surface area contributed by atoms with Gasteiger partial charge in [-0.3, -0.25) is 0 Å². The van der Waals surface area contributed by atoms with Gasteiger partial charge in [0.25, 0.3) is 0 Å². The summed E-state index contributed by atoms with van der Waals surface area (Å²) in [5.74, 6) is 3.12. The molecule has 8 nitrogen and oxygen atoms in total. The van der Waals surface area contributed by atoms with Gasteiger partial charge in [0.05, 0.1) is 12.7 Å². The topological polar surface area (TPSA) is 118 Å². The Balaban J connectivity index is 1.21. The molecule has 0 aromatic heterocycles. The van der Waals surface area contributed by atoms with Crippen LogP contribution in [0.25, 0.3) is 0 Å². The zero-order chi connectivity index (χ0) is 30.2. The van der Waals surface area contributed by atoms with Crippen LogP contribution in [0.3, 0.4) is 0 Å². The van der Waals surface area contributed by atoms with Gasteiger partial charge in [0.15, 0.2) is 6.29 Å². The summed E-state index contributed by atoms with van der Waals surface area (Å²) in [5.41, 5.74) is -0.998. The van der Waals surface area contributed by atoms with E-state index in [0.29, 0.717) is 41.9 Å². The number of aliphatic hydroxyl groups is 4. The largest absolute Gasteiger partial charge is 0.394 e. The molecule has 3 saturated carbocycles. The summed E-state index contributed by atoms with van der Waals surface area (Å²) in [6.07, 6.45) is 9.63. The molecule has 0 aromatic carbocycles. The summed E-state index contributed by atoms with van der Waals surface area (Å²) in [6, 6.07) is 0. The molecule has 15 atom stereocenters. The second-order valence-corrected chi connectivity index (χ2v) is 15.5. The van der Waals surface area contributed by atoms with E-state index < -0.39 is 48.5 Å². The first kappa shape index (κ1) is 31.2. The Labute approximate surface area is 251 Å². The smallest absolute Gasteiger partial charge is 0.186 e. The fraction of sp³-hybridized carbons (Fsp3) is 0.882. The molecule has 42 heavy (non-hydrogen) atoms. The van der Waals surface area contributed by atoms with Crippen LogP contribution in [0.4, 0.5) is 0 Å². The predicted octanol–water partition coefficient (Wildman–Crippen LogP) is 4.30. The summed E-state index contributed by atoms with van der Waals surface area (Å²) in [5, 5.41) is 40.6. The molecule has 4 N–H and O–H groups in total. The molecule has 5 fully saturated rings. The summed E-state index contributed by atoms with van der Waals surface area (Å²) < 4.78 is 11.9. The number of fused-ring (bicyclic) bond motifs is 2. The highest BCUT2D eigenvalue weighted by Gasteiger charge is 2.74. The van der Waals surface area contributed by atoms with Crippen LogP contribution < -0.4 is 0 Å². The molecule has 0 radical (unpaired) electrons. The van der Waals surface area contributed by atoms with Crippen molar-refractivity contribution in [3.8, 4) is 0 Å². The molecule has 0 amide bonds. The number of allylic oxidation sites excluding steroid dienone is 2. The molecular weight excluding hydrogens is 536 g/mol. The average Bonchev–Trinajstić information content (AvgIpc) is 3.33. The summed E-state index contributed by atoms with van der Waals surface area (Å²) in [6.45, 7) is 13.7. The van der Waals surface area contributed by atoms with Gasteiger partial charge in [0.2, 0.25) is 0 Å². The van der Waals surface area contributed by atoms with Crippen molar-refractivity contribution in [1.29, 1.82) is 0 Å². The van der Waals surface area contributed by atoms with E-state index in [4.69, 9.17) is 19.2 Å². The number of rotatable bonds is 7. The Bertz CT molecular complexity index is 1060. The van der Waals surface area contributed by atoms with Crippen LogP contribution in [-0.2, 0) is 19.2 Å². The SMILES string of the molecule is CC(C)[C@@H](C)C=C[C@@H](C)[C@H]1CC[C@@H]2[C@]1(C)CC[C@H]1[C@]23C=C[C@]2(C[C@@H](O[C@@H]4O[C@H](CO)[C@@H](O)[C@H](O)[C@H]4O)CC[C@]12C)OO3. The van der Waals surface area contributed by atoms with Gasteiger partial charge in [-0.15, -0.1) is 0 Å². The Hall–Kier alpha value is -0.840. The third-order valence-corrected chi connectivity index (χ3v) is 13.3. The van der Waals surface area contributed by atoms with E-state index in [0.717, 1.165) is 25.7 Å². The molecule has 2 spiro atoms. The highest BCUT2D eigenvalue weighted by Crippen LogP contribution is 2.73. The van der Waals surface area contributed by atoms with Crippen molar-refractivity contribution < 1.29 is 39.7 Å². The maximum Gasteiger partial charge on any atom is 0.186 e. The van der Waals surface area contributed by atoms with Crippen LogP contribution in [0, 0.1) is 46.3 Å². The van der Waals surface area contributed by atoms with E-state index in [1.165, 1.54) is 12.8 Å². The van der Waals surface area contributed by atoms with E-state index in [1.807, 2.05) is 0 Å². The quantitative estimate of drug-likeness (QED) is 0.256. The van der Waals surface area contributed by atoms with Gasteiger partial charge >= 0.3 is 0 Å². The van der Waals surface area contributed by atoms with Crippen LogP contribution in [0.1, 0.15) is 86.5 Å². The summed E-state index contributed by atoms with van der Waals surface area (Å²) >= 11 is 0. The second kappa shape index (κ2) is 10.9. The van der Waals surface area contributed by atoms with Crippen molar-refractivity contribution in [2.24, 2.45) is 46.3 Å². The zero-order valence-corrected chi connectivity index (χ0v) is 26.3. The maximum atomic E-state index is 10.6. The minimum Gasteiger partial charge on any atom is -0.394 e. The standard InChI is InChI=1S/C34H54O8/c1-19(2)20(3)7-8-21(4)23-9-10-25-31(23,5)13-12-26-32(6)14-11-22(17-33(32)15-16-34(25,26)42-41-33)39-30-29(38)28(37)27(36)24(18-35)40-30/h7-8,15-16,19-30,35-38H,9-14,17-18H2,1-6H3/t20-,21+,22-,23+,24+,25+,26+,27+,28-,29+,30+,31+,32+,33+,34-/m0/s1. The van der Waals surface area contributed by atoms with Gasteiger partial charge in [0.1, 0.15) is 35.6 Å². The highest BCUT2D eigenvalue weighted by atomic mass is 17.2. The fourth-order valence-corrected chi connectivity index (χ4v) is 10.2. The monoisotopic (exact) mass is 590 g/mol. The van der Waals surface area contributed by atoms with Crippen molar-refractivity contribution in [2.45, 2.75) is 135 Å². The number of aliphatic hydroxyl groups excluding tert-OH is 4. The van der Waals surface area contributed by atoms with E-state index in [-0.39, 0.29) is 16.9 Å². The van der Waals surface area contributed by atoms with E-state index >= 15 is 0 Å². The number of hydrogen-bond acceptors (Lipinski definition) is 8. The Morgan fingerprint density at radius 1 is 0.881 bits per heavy atom. The third kappa shape index (κ3) is 4.45. The van der Waals surface area contributed by atoms with Crippen molar-refractivity contribution in [3.63, 3.8) is 0 Å². The summed E-state index contributed by atoms with van der Waals surface area (Å²) in [4.78, 5) is 13.1. The van der Waals surface area contributed by atoms with Gasteiger partial charge < -0.3 is 29.9 Å². The molecule has 238 valence electrons. The molecule has 7 aliphatic rings. The maximum absolute atomic E-state index is 10.6. The Morgan fingerprint density at radius 2 is 1.64 bits per heavy atom. The normalized spacial score (nSPS) is 53.2. The zero-order valence-electron chi connectivity index (χ0n) is 26.3. The predicted molar refractivity (Wildman–Crippen MR) is 157 cm³/mol. The first-order valence-electron chi connectivity index (χ1n) is 16.5. The second-order valence-electron chi connectivity index (χ2n) is 15.5. The van der Waals surface area contributed by atoms with Crippen molar-refractivity contribution >= 4 is 0 Å². The lowest BCUT2D eigenvalue weighted by Crippen LogP contribution is -2.73. The van der Waals surface area contributed by atoms with Crippen LogP contribution in [-0.4, -0.2) is 75.0 Å². The number of ether oxygens (including phenoxy) is 2. The summed E-state index contributed by atoms with van der Waals surface area (Å²) in [7, 11) is 0. The van der Waals surface area contributed by atoms with Gasteiger partial charge in [-0.25, -0.2) is 9.78 Å². The van der Waals surface area contributed by atoms with Crippen LogP contribution >= 0.6 is 0 Å². The van der Waals surface area contributed by atoms with Crippen molar-refractivity contribution in [3.05, 3.63) is 24.3 Å². The minimum atomic E-state index is -1.46. The molecule has 8 heteroatoms. The first-order chi connectivity index (χ1) is 19.8. The molecule has 7 rings (SSSR count). The van der Waals surface area contributed by atoms with E-state index in [1.54, 1.807) is 0 Å². The van der Waals surface area contributed by atoms with Gasteiger partial charge in [-0.05, 0) is 73.7 Å². The molecule has 4 aliphatic carbocycles. The molecule has 3 aliphatic heterocycles. The van der Waals surface area contributed by atoms with Crippen LogP contribution in [0.5, 0.6) is 0 Å². The van der Waals surface area contributed by atoms with Crippen molar-refractivity contribution in [2.75, 3.05) is 6.61 Å². The van der Waals surface area contributed by atoms with Gasteiger partial charge in [0, 0.05) is 23.7 Å². The molecule has 3 heterocycles. The molecule has 2 bridgehead atoms. The van der Waals surface area contributed by atoms with Gasteiger partial charge in [-0.1, -0.05) is 59.8 Å². The van der Waals surface area contributed by atoms with Crippen LogP contribution in [0.2, 0.25) is 0 Å². The third-order valence-electron chi connectivity index (χ3n) is 13.3. The molecule has 0 aromatic rings. The molecule has 2 saturated heterocycles. The molecular formula is C34H54O8. The first-order valence-corrected chi connectivity index (χ1v) is 16.5. The lowest BCUT2D eigenvalue weighted by molar-refractivity contribution is -0.499. The number of hydrogen-bond donors (Lipinski definition) is 4. The minimum absolute atomic E-state index is 0.118. The highest BCUT2D eigenvalue weighted by molar-refractivity contribution is 5.33. The van der Waals surface area contributed by atoms with Crippen LogP contribution in [0.15, 0.2) is 24.3 Å². The Morgan fingerprint density at radius 3 is 2.31 bits per heavy atom. The molecule has 0 unspecified atom stereocenters. The lowest BCUT2D eigenvalue weighted by atomic mass is 9.42. The van der Waals surface area contributed by atoms with Gasteiger partial charge in [-0.2, -0.15) is 0 Å². The lowest BCUT2D eigenvalue weighted by Gasteiger charge is -2.69. The Kier molecular flexibility index (Phi) is 8.09. The van der Waals surface area contributed by atoms with E-state index in [9.17, 15) is 20.4 Å². The van der Waals surface area contributed by atoms with Crippen molar-refractivity contribution in [1.82, 2.24) is 0 Å². The van der Waals surface area contributed by atoms with E-state index in [2.05, 4.69) is 65.8 Å². The fourth-order valence-electron chi connectivity index (χ4n) is 10.2.